The molecule has 0 spiro atoms. The highest BCUT2D eigenvalue weighted by Gasteiger charge is 2.04. The van der Waals surface area contributed by atoms with Crippen molar-refractivity contribution in [3.05, 3.63) is 52.4 Å². The molecule has 0 radical (unpaired) electrons. The van der Waals surface area contributed by atoms with Gasteiger partial charge in [0.15, 0.2) is 6.29 Å². The zero-order valence-corrected chi connectivity index (χ0v) is 10.6. The van der Waals surface area contributed by atoms with Gasteiger partial charge in [0.2, 0.25) is 0 Å². The molecule has 1 aromatic carbocycles. The molecule has 0 atom stereocenters. The molecule has 16 heavy (non-hydrogen) atoms. The van der Waals surface area contributed by atoms with Gasteiger partial charge in [-0.25, -0.2) is 0 Å². The second-order valence-corrected chi connectivity index (χ2v) is 6.00. The van der Waals surface area contributed by atoms with E-state index in [1.54, 1.807) is 23.1 Å². The lowest BCUT2D eigenvalue weighted by Gasteiger charge is -1.98. The lowest BCUT2D eigenvalue weighted by Crippen LogP contribution is -1.77. The molecule has 0 aliphatic heterocycles. The molecule has 3 heteroatoms. The van der Waals surface area contributed by atoms with Crippen LogP contribution < -0.4 is 0 Å². The normalized spacial score (nSPS) is 10.3. The second-order valence-electron chi connectivity index (χ2n) is 3.47. The van der Waals surface area contributed by atoms with Gasteiger partial charge in [-0.3, -0.25) is 4.79 Å². The monoisotopic (exact) mass is 248 g/mol. The van der Waals surface area contributed by atoms with E-state index in [0.717, 1.165) is 22.5 Å². The summed E-state index contributed by atoms with van der Waals surface area (Å²) in [6, 6.07) is 12.3. The Balaban J connectivity index is 2.02. The number of aryl methyl sites for hydroxylation is 1. The molecular formula is C13H12OS2. The van der Waals surface area contributed by atoms with Crippen LogP contribution in [0.3, 0.4) is 0 Å². The first kappa shape index (κ1) is 11.4. The minimum atomic E-state index is 0.820. The highest BCUT2D eigenvalue weighted by Crippen LogP contribution is 2.31. The fourth-order valence-electron chi connectivity index (χ4n) is 1.38. The Labute approximate surface area is 104 Å². The van der Waals surface area contributed by atoms with Gasteiger partial charge in [-0.05, 0) is 18.6 Å². The first-order chi connectivity index (χ1) is 7.79. The highest BCUT2D eigenvalue weighted by molar-refractivity contribution is 8.00. The molecule has 1 heterocycles. The maximum Gasteiger partial charge on any atom is 0.151 e. The number of hydrogen-bond donors (Lipinski definition) is 0. The van der Waals surface area contributed by atoms with Gasteiger partial charge < -0.3 is 0 Å². The van der Waals surface area contributed by atoms with E-state index >= 15 is 0 Å². The number of carbonyl (C=O) groups is 1. The summed E-state index contributed by atoms with van der Waals surface area (Å²) in [5, 5.41) is 0. The van der Waals surface area contributed by atoms with Crippen molar-refractivity contribution in [1.82, 2.24) is 0 Å². The van der Waals surface area contributed by atoms with E-state index in [9.17, 15) is 4.79 Å². The molecule has 0 aliphatic rings. The Kier molecular flexibility index (Phi) is 3.80. The van der Waals surface area contributed by atoms with E-state index in [0.29, 0.717) is 0 Å². The lowest BCUT2D eigenvalue weighted by molar-refractivity contribution is 0.112. The third-order valence-electron chi connectivity index (χ3n) is 2.28. The number of aldehydes is 1. The number of thioether (sulfide) groups is 1. The van der Waals surface area contributed by atoms with Crippen molar-refractivity contribution in [3.8, 4) is 0 Å². The second kappa shape index (κ2) is 5.32. The van der Waals surface area contributed by atoms with E-state index in [-0.39, 0.29) is 0 Å². The van der Waals surface area contributed by atoms with Gasteiger partial charge in [-0.1, -0.05) is 30.3 Å². The van der Waals surface area contributed by atoms with E-state index in [1.807, 2.05) is 31.2 Å². The Hall–Kier alpha value is -1.06. The maximum absolute atomic E-state index is 10.7. The zero-order valence-electron chi connectivity index (χ0n) is 8.97. The topological polar surface area (TPSA) is 17.1 Å². The first-order valence-electron chi connectivity index (χ1n) is 5.02. The third-order valence-corrected chi connectivity index (χ3v) is 4.63. The average molecular weight is 248 g/mol. The summed E-state index contributed by atoms with van der Waals surface area (Å²) in [5.41, 5.74) is 2.13. The van der Waals surface area contributed by atoms with Crippen LogP contribution in [-0.4, -0.2) is 6.29 Å². The van der Waals surface area contributed by atoms with Crippen molar-refractivity contribution in [2.45, 2.75) is 16.9 Å². The molecule has 1 nitrogen and oxygen atoms in total. The molecule has 0 unspecified atom stereocenters. The molecule has 82 valence electrons. The van der Waals surface area contributed by atoms with Gasteiger partial charge in [0.05, 0.1) is 4.21 Å². The highest BCUT2D eigenvalue weighted by atomic mass is 32.2. The van der Waals surface area contributed by atoms with Crippen LogP contribution in [0.1, 0.15) is 20.8 Å². The number of carbonyl (C=O) groups excluding carboxylic acids is 1. The van der Waals surface area contributed by atoms with Crippen LogP contribution in [0.25, 0.3) is 0 Å². The summed E-state index contributed by atoms with van der Waals surface area (Å²) in [4.78, 5) is 11.8. The van der Waals surface area contributed by atoms with Crippen LogP contribution in [-0.2, 0) is 5.75 Å². The summed E-state index contributed by atoms with van der Waals surface area (Å²) in [6.07, 6.45) is 0.929. The van der Waals surface area contributed by atoms with Crippen LogP contribution >= 0.6 is 23.1 Å². The minimum Gasteiger partial charge on any atom is -0.298 e. The van der Waals surface area contributed by atoms with Gasteiger partial charge >= 0.3 is 0 Å². The molecule has 0 aliphatic carbocycles. The van der Waals surface area contributed by atoms with Crippen LogP contribution in [0.4, 0.5) is 0 Å². The van der Waals surface area contributed by atoms with Gasteiger partial charge in [0.25, 0.3) is 0 Å². The Morgan fingerprint density at radius 2 is 2.06 bits per heavy atom. The first-order valence-corrected chi connectivity index (χ1v) is 6.82. The smallest absolute Gasteiger partial charge is 0.151 e. The Morgan fingerprint density at radius 3 is 2.69 bits per heavy atom. The molecule has 0 N–H and O–H groups in total. The minimum absolute atomic E-state index is 0.820. The van der Waals surface area contributed by atoms with E-state index in [2.05, 4.69) is 12.1 Å². The lowest BCUT2D eigenvalue weighted by atomic mass is 10.2. The van der Waals surface area contributed by atoms with Gasteiger partial charge in [0.1, 0.15) is 0 Å². The van der Waals surface area contributed by atoms with Crippen molar-refractivity contribution < 1.29 is 4.79 Å². The summed E-state index contributed by atoms with van der Waals surface area (Å²) in [5.74, 6) is 0.957. The molecule has 1 aromatic heterocycles. The zero-order chi connectivity index (χ0) is 11.4. The van der Waals surface area contributed by atoms with Crippen LogP contribution in [0, 0.1) is 6.92 Å². The van der Waals surface area contributed by atoms with Gasteiger partial charge in [0, 0.05) is 16.2 Å². The SMILES string of the molecule is Cc1sc(SCc2ccccc2)cc1C=O. The number of benzene rings is 1. The van der Waals surface area contributed by atoms with Crippen molar-refractivity contribution in [3.63, 3.8) is 0 Å². The number of rotatable bonds is 4. The van der Waals surface area contributed by atoms with Crippen molar-refractivity contribution in [1.29, 1.82) is 0 Å². The van der Waals surface area contributed by atoms with Crippen LogP contribution in [0.2, 0.25) is 0 Å². The van der Waals surface area contributed by atoms with E-state index in [1.165, 1.54) is 9.77 Å². The standard InChI is InChI=1S/C13H12OS2/c1-10-12(8-14)7-13(16-10)15-9-11-5-3-2-4-6-11/h2-8H,9H2,1H3. The quantitative estimate of drug-likeness (QED) is 0.597. The van der Waals surface area contributed by atoms with Crippen molar-refractivity contribution in [2.75, 3.05) is 0 Å². The van der Waals surface area contributed by atoms with Crippen molar-refractivity contribution >= 4 is 29.4 Å². The van der Waals surface area contributed by atoms with Gasteiger partial charge in [-0.2, -0.15) is 0 Å². The van der Waals surface area contributed by atoms with Crippen LogP contribution in [0.5, 0.6) is 0 Å². The molecule has 0 fully saturated rings. The van der Waals surface area contributed by atoms with E-state index < -0.39 is 0 Å². The predicted octanol–water partition coefficient (Wildman–Crippen LogP) is 4.16. The molecule has 0 amide bonds. The Morgan fingerprint density at radius 1 is 1.31 bits per heavy atom. The average Bonchev–Trinajstić information content (AvgIpc) is 2.69. The molecule has 0 saturated heterocycles. The molecule has 2 rings (SSSR count). The predicted molar refractivity (Wildman–Crippen MR) is 70.4 cm³/mol. The largest absolute Gasteiger partial charge is 0.298 e. The summed E-state index contributed by atoms with van der Waals surface area (Å²) in [6.45, 7) is 1.99. The summed E-state index contributed by atoms with van der Waals surface area (Å²) in [7, 11) is 0. The third kappa shape index (κ3) is 2.74. The molecular weight excluding hydrogens is 236 g/mol. The van der Waals surface area contributed by atoms with E-state index in [4.69, 9.17) is 0 Å². The summed E-state index contributed by atoms with van der Waals surface area (Å²) >= 11 is 3.47. The number of thiophene rings is 1. The van der Waals surface area contributed by atoms with Crippen molar-refractivity contribution in [2.24, 2.45) is 0 Å². The maximum atomic E-state index is 10.7. The fourth-order valence-corrected chi connectivity index (χ4v) is 3.60. The van der Waals surface area contributed by atoms with Gasteiger partial charge in [-0.15, -0.1) is 23.1 Å². The summed E-state index contributed by atoms with van der Waals surface area (Å²) < 4.78 is 1.21. The molecule has 0 bridgehead atoms. The Bertz CT molecular complexity index is 474. The molecule has 0 saturated carbocycles. The number of hydrogen-bond acceptors (Lipinski definition) is 3. The molecule has 2 aromatic rings. The fraction of sp³-hybridized carbons (Fsp3) is 0.154. The van der Waals surface area contributed by atoms with Crippen LogP contribution in [0.15, 0.2) is 40.6 Å².